The number of amides is 1. The summed E-state index contributed by atoms with van der Waals surface area (Å²) in [6, 6.07) is 8.58. The Balaban J connectivity index is 2.43. The fraction of sp³-hybridized carbons (Fsp3) is 0.0769. The third-order valence-corrected chi connectivity index (χ3v) is 3.28. The maximum Gasteiger partial charge on any atom is 0.433 e. The molecular weight excluding hydrogens is 398 g/mol. The number of benzene rings is 1. The molecule has 0 fully saturated rings. The second kappa shape index (κ2) is 5.88. The molecule has 0 saturated heterocycles. The highest BCUT2D eigenvalue weighted by Crippen LogP contribution is 2.30. The van der Waals surface area contributed by atoms with Gasteiger partial charge in [-0.3, -0.25) is 4.79 Å². The molecule has 1 aromatic carbocycles. The highest BCUT2D eigenvalue weighted by atomic mass is 127. The quantitative estimate of drug-likeness (QED) is 0.765. The number of hydrogen-bond acceptors (Lipinski definition) is 3. The first-order valence-electron chi connectivity index (χ1n) is 5.68. The predicted molar refractivity (Wildman–Crippen MR) is 80.2 cm³/mol. The average molecular weight is 407 g/mol. The van der Waals surface area contributed by atoms with Gasteiger partial charge >= 0.3 is 6.18 Å². The molecule has 0 atom stereocenters. The van der Waals surface area contributed by atoms with E-state index in [1.54, 1.807) is 24.3 Å². The second-order valence-electron chi connectivity index (χ2n) is 4.09. The summed E-state index contributed by atoms with van der Waals surface area (Å²) in [5.74, 6) is -1.08. The SMILES string of the molecule is NC(=O)c1ccc(C(F)(F)F)nc1Nc1ccc(I)cc1. The van der Waals surface area contributed by atoms with Crippen LogP contribution in [0.5, 0.6) is 0 Å². The minimum Gasteiger partial charge on any atom is -0.365 e. The summed E-state index contributed by atoms with van der Waals surface area (Å²) in [4.78, 5) is 14.7. The summed E-state index contributed by atoms with van der Waals surface area (Å²) in [7, 11) is 0. The van der Waals surface area contributed by atoms with Gasteiger partial charge in [0.2, 0.25) is 0 Å². The number of carbonyl (C=O) groups excluding carboxylic acids is 1. The molecule has 0 unspecified atom stereocenters. The summed E-state index contributed by atoms with van der Waals surface area (Å²) >= 11 is 2.09. The lowest BCUT2D eigenvalue weighted by molar-refractivity contribution is -0.141. The normalized spacial score (nSPS) is 11.2. The van der Waals surface area contributed by atoms with E-state index < -0.39 is 17.8 Å². The third-order valence-electron chi connectivity index (χ3n) is 2.56. The van der Waals surface area contributed by atoms with Crippen molar-refractivity contribution in [2.75, 3.05) is 5.32 Å². The molecule has 1 amide bonds. The van der Waals surface area contributed by atoms with E-state index in [9.17, 15) is 18.0 Å². The highest BCUT2D eigenvalue weighted by molar-refractivity contribution is 14.1. The number of halogens is 4. The van der Waals surface area contributed by atoms with Gasteiger partial charge in [-0.2, -0.15) is 13.2 Å². The van der Waals surface area contributed by atoms with Crippen LogP contribution >= 0.6 is 22.6 Å². The van der Waals surface area contributed by atoms with Crippen LogP contribution in [0.3, 0.4) is 0 Å². The molecule has 0 bridgehead atoms. The van der Waals surface area contributed by atoms with Crippen molar-refractivity contribution in [3.05, 3.63) is 51.2 Å². The van der Waals surface area contributed by atoms with E-state index in [4.69, 9.17) is 5.73 Å². The number of nitrogens with one attached hydrogen (secondary N) is 1. The third kappa shape index (κ3) is 3.84. The molecule has 0 aliphatic heterocycles. The largest absolute Gasteiger partial charge is 0.433 e. The zero-order valence-electron chi connectivity index (χ0n) is 10.4. The van der Waals surface area contributed by atoms with Crippen LogP contribution in [0.2, 0.25) is 0 Å². The Morgan fingerprint density at radius 1 is 1.14 bits per heavy atom. The molecule has 0 radical (unpaired) electrons. The number of anilines is 2. The number of nitrogens with zero attached hydrogens (tertiary/aromatic N) is 1. The lowest BCUT2D eigenvalue weighted by Crippen LogP contribution is -2.17. The lowest BCUT2D eigenvalue weighted by Gasteiger charge is -2.12. The maximum atomic E-state index is 12.7. The highest BCUT2D eigenvalue weighted by Gasteiger charge is 2.33. The Labute approximate surface area is 131 Å². The molecule has 0 spiro atoms. The van der Waals surface area contributed by atoms with Crippen LogP contribution in [0, 0.1) is 3.57 Å². The van der Waals surface area contributed by atoms with Crippen molar-refractivity contribution in [3.63, 3.8) is 0 Å². The Hall–Kier alpha value is -1.84. The van der Waals surface area contributed by atoms with Crippen molar-refractivity contribution in [2.24, 2.45) is 5.73 Å². The number of rotatable bonds is 3. The van der Waals surface area contributed by atoms with E-state index in [0.717, 1.165) is 15.7 Å². The van der Waals surface area contributed by atoms with E-state index in [1.165, 1.54) is 0 Å². The van der Waals surface area contributed by atoms with Gasteiger partial charge in [-0.15, -0.1) is 0 Å². The van der Waals surface area contributed by atoms with Gasteiger partial charge in [0, 0.05) is 9.26 Å². The first-order chi connectivity index (χ1) is 9.77. The van der Waals surface area contributed by atoms with Crippen molar-refractivity contribution in [1.29, 1.82) is 0 Å². The monoisotopic (exact) mass is 407 g/mol. The summed E-state index contributed by atoms with van der Waals surface area (Å²) in [6.07, 6.45) is -4.60. The Morgan fingerprint density at radius 2 is 1.76 bits per heavy atom. The van der Waals surface area contributed by atoms with Gasteiger partial charge in [-0.1, -0.05) is 0 Å². The van der Waals surface area contributed by atoms with E-state index >= 15 is 0 Å². The van der Waals surface area contributed by atoms with Crippen LogP contribution in [0.15, 0.2) is 36.4 Å². The van der Waals surface area contributed by atoms with Crippen molar-refractivity contribution in [3.8, 4) is 0 Å². The zero-order chi connectivity index (χ0) is 15.6. The van der Waals surface area contributed by atoms with E-state index in [-0.39, 0.29) is 11.4 Å². The first-order valence-corrected chi connectivity index (χ1v) is 6.76. The van der Waals surface area contributed by atoms with Crippen LogP contribution in [0.1, 0.15) is 16.1 Å². The number of nitrogens with two attached hydrogens (primary N) is 1. The lowest BCUT2D eigenvalue weighted by atomic mass is 10.2. The van der Waals surface area contributed by atoms with Crippen LogP contribution in [-0.4, -0.2) is 10.9 Å². The molecule has 1 aromatic heterocycles. The maximum absolute atomic E-state index is 12.7. The molecular formula is C13H9F3IN3O. The van der Waals surface area contributed by atoms with Crippen LogP contribution < -0.4 is 11.1 Å². The number of primary amides is 1. The van der Waals surface area contributed by atoms with Crippen LogP contribution in [0.4, 0.5) is 24.7 Å². The van der Waals surface area contributed by atoms with Gasteiger partial charge in [0.15, 0.2) is 0 Å². The van der Waals surface area contributed by atoms with Crippen LogP contribution in [0.25, 0.3) is 0 Å². The molecule has 0 aliphatic rings. The predicted octanol–water partition coefficient (Wildman–Crippen LogP) is 3.55. The summed E-state index contributed by atoms with van der Waals surface area (Å²) in [5, 5.41) is 2.68. The van der Waals surface area contributed by atoms with Gasteiger partial charge in [-0.05, 0) is 59.0 Å². The number of pyridine rings is 1. The van der Waals surface area contributed by atoms with E-state index in [2.05, 4.69) is 32.9 Å². The smallest absolute Gasteiger partial charge is 0.365 e. The van der Waals surface area contributed by atoms with Gasteiger partial charge < -0.3 is 11.1 Å². The molecule has 8 heteroatoms. The summed E-state index contributed by atoms with van der Waals surface area (Å²) in [6.45, 7) is 0. The summed E-state index contributed by atoms with van der Waals surface area (Å²) < 4.78 is 39.0. The summed E-state index contributed by atoms with van der Waals surface area (Å²) in [5.41, 5.74) is 4.45. The molecule has 21 heavy (non-hydrogen) atoms. The van der Waals surface area contributed by atoms with Crippen molar-refractivity contribution in [2.45, 2.75) is 6.18 Å². The molecule has 1 heterocycles. The van der Waals surface area contributed by atoms with Gasteiger partial charge in [-0.25, -0.2) is 4.98 Å². The zero-order valence-corrected chi connectivity index (χ0v) is 12.6. The van der Waals surface area contributed by atoms with E-state index in [0.29, 0.717) is 5.69 Å². The first kappa shape index (κ1) is 15.5. The molecule has 4 nitrogen and oxygen atoms in total. The Kier molecular flexibility index (Phi) is 4.35. The number of carbonyl (C=O) groups is 1. The van der Waals surface area contributed by atoms with Crippen molar-refractivity contribution < 1.29 is 18.0 Å². The topological polar surface area (TPSA) is 68.0 Å². The molecule has 110 valence electrons. The molecule has 2 aromatic rings. The number of aromatic nitrogens is 1. The van der Waals surface area contributed by atoms with Gasteiger partial charge in [0.25, 0.3) is 5.91 Å². The van der Waals surface area contributed by atoms with Gasteiger partial charge in [0.05, 0.1) is 5.56 Å². The number of hydrogen-bond donors (Lipinski definition) is 2. The fourth-order valence-corrected chi connectivity index (χ4v) is 1.94. The average Bonchev–Trinajstić information content (AvgIpc) is 2.40. The van der Waals surface area contributed by atoms with Crippen molar-refractivity contribution >= 4 is 40.0 Å². The van der Waals surface area contributed by atoms with E-state index in [1.807, 2.05) is 0 Å². The second-order valence-corrected chi connectivity index (χ2v) is 5.33. The Morgan fingerprint density at radius 3 is 2.29 bits per heavy atom. The minimum absolute atomic E-state index is 0.110. The molecule has 0 saturated carbocycles. The van der Waals surface area contributed by atoms with Crippen molar-refractivity contribution in [1.82, 2.24) is 4.98 Å². The van der Waals surface area contributed by atoms with Crippen LogP contribution in [-0.2, 0) is 6.18 Å². The van der Waals surface area contributed by atoms with Gasteiger partial charge in [0.1, 0.15) is 11.5 Å². The Bertz CT molecular complexity index is 671. The molecule has 2 rings (SSSR count). The number of alkyl halides is 3. The molecule has 3 N–H and O–H groups in total. The fourth-order valence-electron chi connectivity index (χ4n) is 1.58. The molecule has 0 aliphatic carbocycles. The standard InChI is InChI=1S/C13H9F3IN3O/c14-13(15,16)10-6-5-9(11(18)21)12(20-10)19-8-3-1-7(17)2-4-8/h1-6H,(H2,18,21)(H,19,20). The minimum atomic E-state index is -4.60.